The molecule has 0 saturated carbocycles. The molecular weight excluding hydrogens is 510 g/mol. The van der Waals surface area contributed by atoms with Crippen molar-refractivity contribution >= 4 is 40.1 Å². The molecule has 0 aliphatic heterocycles. The van der Waals surface area contributed by atoms with Gasteiger partial charge < -0.3 is 24.3 Å². The third-order valence-electron chi connectivity index (χ3n) is 5.61. The number of carbonyl (C=O) groups is 2. The van der Waals surface area contributed by atoms with Crippen LogP contribution in [0.25, 0.3) is 22.2 Å². The molecule has 0 saturated heterocycles. The van der Waals surface area contributed by atoms with Gasteiger partial charge in [-0.3, -0.25) is 4.79 Å². The number of nitriles is 1. The van der Waals surface area contributed by atoms with Gasteiger partial charge in [0.05, 0.1) is 49.4 Å². The van der Waals surface area contributed by atoms with Gasteiger partial charge in [-0.25, -0.2) is 9.78 Å². The first-order chi connectivity index (χ1) is 18.4. The van der Waals surface area contributed by atoms with Gasteiger partial charge in [0.25, 0.3) is 5.91 Å². The average Bonchev–Trinajstić information content (AvgIpc) is 2.94. The summed E-state index contributed by atoms with van der Waals surface area (Å²) in [5.74, 6) is -0.0745. The number of para-hydroxylation sites is 1. The van der Waals surface area contributed by atoms with Crippen LogP contribution in [0.3, 0.4) is 0 Å². The number of benzene rings is 3. The molecule has 1 aromatic heterocycles. The molecule has 0 radical (unpaired) electrons. The summed E-state index contributed by atoms with van der Waals surface area (Å²) in [5.41, 5.74) is 2.28. The largest absolute Gasteiger partial charge is 0.493 e. The van der Waals surface area contributed by atoms with Crippen LogP contribution in [0.4, 0.5) is 5.69 Å². The fourth-order valence-electron chi connectivity index (χ4n) is 3.83. The van der Waals surface area contributed by atoms with Crippen molar-refractivity contribution in [2.75, 3.05) is 33.3 Å². The normalized spacial score (nSPS) is 10.4. The molecule has 0 aliphatic rings. The number of carbonyl (C=O) groups excluding carboxylic acids is 2. The van der Waals surface area contributed by atoms with E-state index in [1.807, 2.05) is 6.07 Å². The summed E-state index contributed by atoms with van der Waals surface area (Å²) in [6.07, 6.45) is 0. The number of amides is 1. The van der Waals surface area contributed by atoms with E-state index in [1.54, 1.807) is 42.5 Å². The van der Waals surface area contributed by atoms with Gasteiger partial charge in [-0.15, -0.1) is 0 Å². The molecule has 1 amide bonds. The minimum absolute atomic E-state index is 0.215. The Morgan fingerprint density at radius 3 is 2.34 bits per heavy atom. The second-order valence-electron chi connectivity index (χ2n) is 7.91. The lowest BCUT2D eigenvalue weighted by atomic mass is 10.0. The molecule has 0 bridgehead atoms. The van der Waals surface area contributed by atoms with Crippen molar-refractivity contribution in [3.63, 3.8) is 0 Å². The molecule has 3 aromatic carbocycles. The van der Waals surface area contributed by atoms with E-state index in [9.17, 15) is 14.9 Å². The number of rotatable bonds is 8. The van der Waals surface area contributed by atoms with Gasteiger partial charge in [0.1, 0.15) is 6.07 Å². The molecular formula is C28H22ClN3O6. The lowest BCUT2D eigenvalue weighted by Crippen LogP contribution is -2.21. The van der Waals surface area contributed by atoms with Crippen LogP contribution < -0.4 is 19.5 Å². The Bertz CT molecular complexity index is 1560. The van der Waals surface area contributed by atoms with E-state index in [1.165, 1.54) is 39.5 Å². The van der Waals surface area contributed by atoms with Crippen LogP contribution in [0.1, 0.15) is 15.9 Å². The van der Waals surface area contributed by atoms with Gasteiger partial charge in [-0.05, 0) is 42.5 Å². The van der Waals surface area contributed by atoms with Crippen LogP contribution >= 0.6 is 11.6 Å². The lowest BCUT2D eigenvalue weighted by Gasteiger charge is -2.15. The molecule has 0 atom stereocenters. The maximum Gasteiger partial charge on any atom is 0.339 e. The lowest BCUT2D eigenvalue weighted by molar-refractivity contribution is -0.119. The zero-order chi connectivity index (χ0) is 27.2. The number of aromatic nitrogens is 1. The summed E-state index contributed by atoms with van der Waals surface area (Å²) in [6, 6.07) is 18.5. The van der Waals surface area contributed by atoms with E-state index in [0.29, 0.717) is 44.4 Å². The summed E-state index contributed by atoms with van der Waals surface area (Å²) in [6.45, 7) is -0.577. The van der Waals surface area contributed by atoms with Crippen LogP contribution in [-0.4, -0.2) is 44.8 Å². The van der Waals surface area contributed by atoms with Gasteiger partial charge >= 0.3 is 5.97 Å². The number of esters is 1. The number of nitrogens with one attached hydrogen (secondary N) is 1. The number of ether oxygens (including phenoxy) is 4. The molecule has 9 nitrogen and oxygen atoms in total. The molecule has 0 spiro atoms. The van der Waals surface area contributed by atoms with Crippen LogP contribution in [0.5, 0.6) is 17.2 Å². The fourth-order valence-corrected chi connectivity index (χ4v) is 4.01. The minimum Gasteiger partial charge on any atom is -0.493 e. The molecule has 10 heteroatoms. The maximum atomic E-state index is 13.2. The first kappa shape index (κ1) is 26.3. The molecule has 38 heavy (non-hydrogen) atoms. The molecule has 1 heterocycles. The molecule has 4 rings (SSSR count). The number of halogens is 1. The number of methoxy groups -OCH3 is 3. The highest BCUT2D eigenvalue weighted by Crippen LogP contribution is 2.41. The SMILES string of the molecule is COc1cc(-c2cc(C(=O)OCC(=O)Nc3cc(Cl)ccc3C#N)c3ccccc3n2)cc(OC)c1OC. The van der Waals surface area contributed by atoms with E-state index in [4.69, 9.17) is 35.5 Å². The minimum atomic E-state index is -0.723. The summed E-state index contributed by atoms with van der Waals surface area (Å²) in [4.78, 5) is 30.3. The number of pyridine rings is 1. The van der Waals surface area contributed by atoms with Crippen molar-refractivity contribution < 1.29 is 28.5 Å². The van der Waals surface area contributed by atoms with Gasteiger partial charge in [0.15, 0.2) is 18.1 Å². The third-order valence-corrected chi connectivity index (χ3v) is 5.84. The van der Waals surface area contributed by atoms with Crippen molar-refractivity contribution in [2.24, 2.45) is 0 Å². The van der Waals surface area contributed by atoms with Gasteiger partial charge in [-0.1, -0.05) is 29.8 Å². The highest BCUT2D eigenvalue weighted by Gasteiger charge is 2.20. The average molecular weight is 532 g/mol. The quantitative estimate of drug-likeness (QED) is 0.306. The van der Waals surface area contributed by atoms with Gasteiger partial charge in [0, 0.05) is 16.0 Å². The predicted octanol–water partition coefficient (Wildman–Crippen LogP) is 5.25. The van der Waals surface area contributed by atoms with Crippen LogP contribution in [-0.2, 0) is 9.53 Å². The molecule has 0 aliphatic carbocycles. The van der Waals surface area contributed by atoms with Crippen molar-refractivity contribution in [3.05, 3.63) is 76.8 Å². The summed E-state index contributed by atoms with van der Waals surface area (Å²) in [7, 11) is 4.52. The Labute approximate surface area is 223 Å². The molecule has 192 valence electrons. The first-order valence-electron chi connectivity index (χ1n) is 11.2. The second kappa shape index (κ2) is 11.5. The van der Waals surface area contributed by atoms with Crippen molar-refractivity contribution in [1.82, 2.24) is 4.98 Å². The van der Waals surface area contributed by atoms with Gasteiger partial charge in [0.2, 0.25) is 5.75 Å². The Balaban J connectivity index is 1.64. The summed E-state index contributed by atoms with van der Waals surface area (Å²) in [5, 5.41) is 12.7. The van der Waals surface area contributed by atoms with E-state index in [0.717, 1.165) is 0 Å². The molecule has 1 N–H and O–H groups in total. The first-order valence-corrected chi connectivity index (χ1v) is 11.6. The Hall–Kier alpha value is -4.81. The van der Waals surface area contributed by atoms with Crippen LogP contribution in [0.15, 0.2) is 60.7 Å². The van der Waals surface area contributed by atoms with Crippen molar-refractivity contribution in [2.45, 2.75) is 0 Å². The monoisotopic (exact) mass is 531 g/mol. The van der Waals surface area contributed by atoms with E-state index < -0.39 is 18.5 Å². The Kier molecular flexibility index (Phi) is 7.94. The highest BCUT2D eigenvalue weighted by atomic mass is 35.5. The topological polar surface area (TPSA) is 120 Å². The highest BCUT2D eigenvalue weighted by molar-refractivity contribution is 6.31. The Morgan fingerprint density at radius 1 is 0.974 bits per heavy atom. The number of hydrogen-bond acceptors (Lipinski definition) is 8. The third kappa shape index (κ3) is 5.45. The molecule has 0 unspecified atom stereocenters. The number of fused-ring (bicyclic) bond motifs is 1. The maximum absolute atomic E-state index is 13.2. The van der Waals surface area contributed by atoms with Gasteiger partial charge in [-0.2, -0.15) is 5.26 Å². The van der Waals surface area contributed by atoms with E-state index >= 15 is 0 Å². The van der Waals surface area contributed by atoms with E-state index in [-0.39, 0.29) is 16.8 Å². The second-order valence-corrected chi connectivity index (χ2v) is 8.35. The zero-order valence-electron chi connectivity index (χ0n) is 20.7. The standard InChI is InChI=1S/C28H22ClN3O6/c1-35-24-10-17(11-25(36-2)27(24)37-3)23-13-20(19-6-4-5-7-21(19)31-23)28(34)38-15-26(33)32-22-12-18(29)9-8-16(22)14-30/h4-13H,15H2,1-3H3,(H,32,33). The van der Waals surface area contributed by atoms with Crippen LogP contribution in [0.2, 0.25) is 5.02 Å². The van der Waals surface area contributed by atoms with Crippen molar-refractivity contribution in [3.8, 4) is 34.6 Å². The number of nitrogens with zero attached hydrogens (tertiary/aromatic N) is 2. The molecule has 4 aromatic rings. The molecule has 0 fully saturated rings. The number of anilines is 1. The summed E-state index contributed by atoms with van der Waals surface area (Å²) < 4.78 is 21.6. The predicted molar refractivity (Wildman–Crippen MR) is 142 cm³/mol. The van der Waals surface area contributed by atoms with Crippen LogP contribution in [0, 0.1) is 11.3 Å². The number of hydrogen-bond donors (Lipinski definition) is 1. The summed E-state index contributed by atoms with van der Waals surface area (Å²) >= 11 is 5.97. The Morgan fingerprint density at radius 2 is 1.68 bits per heavy atom. The van der Waals surface area contributed by atoms with Crippen molar-refractivity contribution in [1.29, 1.82) is 5.26 Å². The van der Waals surface area contributed by atoms with E-state index in [2.05, 4.69) is 5.32 Å². The zero-order valence-corrected chi connectivity index (χ0v) is 21.5. The smallest absolute Gasteiger partial charge is 0.339 e. The fraction of sp³-hybridized carbons (Fsp3) is 0.143.